The Balaban J connectivity index is 2.13. The molecule has 0 bridgehead atoms. The van der Waals surface area contributed by atoms with E-state index in [2.05, 4.69) is 5.32 Å². The number of nitrogens with one attached hydrogen (secondary N) is 1. The van der Waals surface area contributed by atoms with E-state index >= 15 is 0 Å². The second-order valence-electron chi connectivity index (χ2n) is 5.73. The highest BCUT2D eigenvalue weighted by Gasteiger charge is 2.15. The number of anilines is 1. The molecule has 0 fully saturated rings. The normalized spacial score (nSPS) is 10.6. The lowest BCUT2D eigenvalue weighted by atomic mass is 10.2. The first-order valence-corrected chi connectivity index (χ1v) is 8.21. The summed E-state index contributed by atoms with van der Waals surface area (Å²) in [6.45, 7) is 4.58. The van der Waals surface area contributed by atoms with Gasteiger partial charge in [0.15, 0.2) is 0 Å². The van der Waals surface area contributed by atoms with E-state index in [0.717, 1.165) is 6.07 Å². The maximum absolute atomic E-state index is 12.3. The topological polar surface area (TPSA) is 81.5 Å². The first-order valence-electron chi connectivity index (χ1n) is 7.45. The Morgan fingerprint density at radius 1 is 1.20 bits per heavy atom. The monoisotopic (exact) mass is 382 g/mol. The van der Waals surface area contributed by atoms with E-state index in [-0.39, 0.29) is 16.3 Å². The summed E-state index contributed by atoms with van der Waals surface area (Å²) in [5.41, 5.74) is 0.404. The van der Waals surface area contributed by atoms with Crippen molar-refractivity contribution in [2.24, 2.45) is 5.92 Å². The van der Waals surface area contributed by atoms with Crippen LogP contribution >= 0.6 is 23.2 Å². The van der Waals surface area contributed by atoms with Crippen LogP contribution in [-0.4, -0.2) is 17.4 Å². The van der Waals surface area contributed by atoms with Gasteiger partial charge in [0.2, 0.25) is 0 Å². The minimum atomic E-state index is -0.580. The molecule has 0 atom stereocenters. The Kier molecular flexibility index (Phi) is 6.22. The Labute approximate surface area is 154 Å². The average Bonchev–Trinajstić information content (AvgIpc) is 2.53. The van der Waals surface area contributed by atoms with Gasteiger partial charge in [-0.3, -0.25) is 14.9 Å². The number of hydrogen-bond donors (Lipinski definition) is 1. The number of ether oxygens (including phenoxy) is 1. The molecular formula is C17H16Cl2N2O4. The fourth-order valence-corrected chi connectivity index (χ4v) is 2.45. The lowest BCUT2D eigenvalue weighted by molar-refractivity contribution is -0.384. The molecule has 0 saturated carbocycles. The van der Waals surface area contributed by atoms with Crippen LogP contribution in [0.3, 0.4) is 0 Å². The van der Waals surface area contributed by atoms with E-state index in [9.17, 15) is 14.9 Å². The van der Waals surface area contributed by atoms with Crippen LogP contribution in [0.25, 0.3) is 0 Å². The molecule has 0 aliphatic heterocycles. The Morgan fingerprint density at radius 3 is 2.48 bits per heavy atom. The number of nitro groups is 1. The highest BCUT2D eigenvalue weighted by molar-refractivity contribution is 6.35. The van der Waals surface area contributed by atoms with Gasteiger partial charge in [-0.05, 0) is 30.2 Å². The number of carbonyl (C=O) groups is 1. The van der Waals surface area contributed by atoms with Crippen molar-refractivity contribution in [1.82, 2.24) is 0 Å². The molecular weight excluding hydrogens is 367 g/mol. The summed E-state index contributed by atoms with van der Waals surface area (Å²) in [4.78, 5) is 22.4. The van der Waals surface area contributed by atoms with E-state index < -0.39 is 10.8 Å². The SMILES string of the molecule is CC(C)COc1ccc(NC(=O)c2ccc([N+](=O)[O-])cc2Cl)cc1Cl. The molecule has 132 valence electrons. The maximum Gasteiger partial charge on any atom is 0.270 e. The highest BCUT2D eigenvalue weighted by Crippen LogP contribution is 2.29. The zero-order valence-electron chi connectivity index (χ0n) is 13.6. The van der Waals surface area contributed by atoms with Crippen molar-refractivity contribution in [3.8, 4) is 5.75 Å². The number of amides is 1. The standard InChI is InChI=1S/C17H16Cl2N2O4/c1-10(2)9-25-16-6-3-11(7-15(16)19)20-17(22)13-5-4-12(21(23)24)8-14(13)18/h3-8,10H,9H2,1-2H3,(H,20,22). The fourth-order valence-electron chi connectivity index (χ4n) is 1.95. The van der Waals surface area contributed by atoms with Gasteiger partial charge in [-0.2, -0.15) is 0 Å². The summed E-state index contributed by atoms with van der Waals surface area (Å²) in [6, 6.07) is 8.53. The molecule has 2 rings (SSSR count). The number of halogens is 2. The van der Waals surface area contributed by atoms with Crippen LogP contribution in [0.15, 0.2) is 36.4 Å². The fraction of sp³-hybridized carbons (Fsp3) is 0.235. The average molecular weight is 383 g/mol. The van der Waals surface area contributed by atoms with Crippen molar-refractivity contribution in [3.05, 3.63) is 62.1 Å². The lowest BCUT2D eigenvalue weighted by Gasteiger charge is -2.12. The molecule has 0 saturated heterocycles. The van der Waals surface area contributed by atoms with Gasteiger partial charge in [0.25, 0.3) is 11.6 Å². The van der Waals surface area contributed by atoms with E-state index in [0.29, 0.717) is 29.0 Å². The Morgan fingerprint density at radius 2 is 1.92 bits per heavy atom. The number of hydrogen-bond acceptors (Lipinski definition) is 4. The van der Waals surface area contributed by atoms with Gasteiger partial charge in [0, 0.05) is 17.8 Å². The summed E-state index contributed by atoms with van der Waals surface area (Å²) in [7, 11) is 0. The smallest absolute Gasteiger partial charge is 0.270 e. The lowest BCUT2D eigenvalue weighted by Crippen LogP contribution is -2.12. The van der Waals surface area contributed by atoms with Crippen molar-refractivity contribution in [3.63, 3.8) is 0 Å². The summed E-state index contributed by atoms with van der Waals surface area (Å²) in [6.07, 6.45) is 0. The minimum Gasteiger partial charge on any atom is -0.492 e. The Hall–Kier alpha value is -2.31. The first kappa shape index (κ1) is 19.0. The molecule has 1 amide bonds. The summed E-state index contributed by atoms with van der Waals surface area (Å²) < 4.78 is 5.57. The zero-order chi connectivity index (χ0) is 18.6. The van der Waals surface area contributed by atoms with Crippen LogP contribution < -0.4 is 10.1 Å². The summed E-state index contributed by atoms with van der Waals surface area (Å²) in [5, 5.41) is 13.7. The number of non-ortho nitro benzene ring substituents is 1. The number of nitro benzene ring substituents is 1. The molecule has 2 aromatic rings. The van der Waals surface area contributed by atoms with Gasteiger partial charge < -0.3 is 10.1 Å². The number of nitrogens with zero attached hydrogens (tertiary/aromatic N) is 1. The van der Waals surface area contributed by atoms with Crippen molar-refractivity contribution in [2.75, 3.05) is 11.9 Å². The van der Waals surface area contributed by atoms with Crippen molar-refractivity contribution in [2.45, 2.75) is 13.8 Å². The van der Waals surface area contributed by atoms with Gasteiger partial charge in [0.1, 0.15) is 5.75 Å². The van der Waals surface area contributed by atoms with Gasteiger partial charge in [-0.15, -0.1) is 0 Å². The van der Waals surface area contributed by atoms with E-state index in [1.807, 2.05) is 13.8 Å². The molecule has 8 heteroatoms. The van der Waals surface area contributed by atoms with E-state index in [1.165, 1.54) is 12.1 Å². The number of benzene rings is 2. The molecule has 2 aromatic carbocycles. The second kappa shape index (κ2) is 8.18. The van der Waals surface area contributed by atoms with Crippen LogP contribution in [0.4, 0.5) is 11.4 Å². The summed E-state index contributed by atoms with van der Waals surface area (Å²) in [5.74, 6) is 0.397. The van der Waals surface area contributed by atoms with Crippen LogP contribution in [0.2, 0.25) is 10.0 Å². The third-order valence-electron chi connectivity index (χ3n) is 3.17. The molecule has 0 radical (unpaired) electrons. The second-order valence-corrected chi connectivity index (χ2v) is 6.54. The van der Waals surface area contributed by atoms with Crippen LogP contribution in [-0.2, 0) is 0 Å². The number of carbonyl (C=O) groups excluding carboxylic acids is 1. The molecule has 0 heterocycles. The zero-order valence-corrected chi connectivity index (χ0v) is 15.1. The Bertz CT molecular complexity index is 809. The van der Waals surface area contributed by atoms with Gasteiger partial charge in [0.05, 0.1) is 27.1 Å². The number of rotatable bonds is 6. The van der Waals surface area contributed by atoms with Gasteiger partial charge in [-0.1, -0.05) is 37.0 Å². The first-order chi connectivity index (χ1) is 11.8. The largest absolute Gasteiger partial charge is 0.492 e. The molecule has 0 aliphatic rings. The van der Waals surface area contributed by atoms with Crippen LogP contribution in [0, 0.1) is 16.0 Å². The quantitative estimate of drug-likeness (QED) is 0.550. The highest BCUT2D eigenvalue weighted by atomic mass is 35.5. The molecule has 1 N–H and O–H groups in total. The third kappa shape index (κ3) is 5.08. The van der Waals surface area contributed by atoms with Crippen LogP contribution in [0.1, 0.15) is 24.2 Å². The summed E-state index contributed by atoms with van der Waals surface area (Å²) >= 11 is 12.1. The molecule has 0 spiro atoms. The van der Waals surface area contributed by atoms with Crippen LogP contribution in [0.5, 0.6) is 5.75 Å². The molecule has 25 heavy (non-hydrogen) atoms. The van der Waals surface area contributed by atoms with Gasteiger partial charge in [-0.25, -0.2) is 0 Å². The minimum absolute atomic E-state index is 0.00492. The molecule has 0 aromatic heterocycles. The van der Waals surface area contributed by atoms with Crippen molar-refractivity contribution in [1.29, 1.82) is 0 Å². The third-order valence-corrected chi connectivity index (χ3v) is 3.78. The molecule has 0 unspecified atom stereocenters. The van der Waals surface area contributed by atoms with E-state index in [1.54, 1.807) is 18.2 Å². The molecule has 6 nitrogen and oxygen atoms in total. The molecule has 0 aliphatic carbocycles. The van der Waals surface area contributed by atoms with Gasteiger partial charge >= 0.3 is 0 Å². The van der Waals surface area contributed by atoms with Crippen molar-refractivity contribution >= 4 is 40.5 Å². The maximum atomic E-state index is 12.3. The van der Waals surface area contributed by atoms with Crippen molar-refractivity contribution < 1.29 is 14.5 Å². The van der Waals surface area contributed by atoms with E-state index in [4.69, 9.17) is 27.9 Å². The predicted octanol–water partition coefficient (Wildman–Crippen LogP) is 5.19. The predicted molar refractivity (Wildman–Crippen MR) is 97.8 cm³/mol.